The number of Topliss-reactive ketones (excluding diaryl/α,β-unsaturated/α-hetero) is 1. The molecule has 3 rings (SSSR count). The van der Waals surface area contributed by atoms with E-state index in [9.17, 15) is 4.79 Å². The van der Waals surface area contributed by atoms with Crippen molar-refractivity contribution in [2.45, 2.75) is 58.5 Å². The topological polar surface area (TPSA) is 20.3 Å². The molecule has 2 aliphatic carbocycles. The summed E-state index contributed by atoms with van der Waals surface area (Å²) in [6, 6.07) is 5.09. The molecular formula is C18H27NOS. The van der Waals surface area contributed by atoms with E-state index in [-0.39, 0.29) is 5.92 Å². The lowest BCUT2D eigenvalue weighted by molar-refractivity contribution is -0.126. The molecule has 1 aromatic rings. The van der Waals surface area contributed by atoms with Crippen LogP contribution < -0.4 is 0 Å². The van der Waals surface area contributed by atoms with Crippen LogP contribution in [0.5, 0.6) is 0 Å². The summed E-state index contributed by atoms with van der Waals surface area (Å²) in [7, 11) is 0. The number of thiophene rings is 1. The molecule has 0 aliphatic heterocycles. The van der Waals surface area contributed by atoms with Crippen molar-refractivity contribution < 1.29 is 4.79 Å². The highest BCUT2D eigenvalue weighted by molar-refractivity contribution is 7.09. The number of carbonyl (C=O) groups excluding carboxylic acids is 1. The molecule has 0 amide bonds. The molecule has 2 aliphatic rings. The Bertz CT molecular complexity index is 464. The number of hydrogen-bond donors (Lipinski definition) is 0. The van der Waals surface area contributed by atoms with Crippen LogP contribution in [0.4, 0.5) is 0 Å². The lowest BCUT2D eigenvalue weighted by atomic mass is 9.75. The maximum atomic E-state index is 12.3. The monoisotopic (exact) mass is 305 g/mol. The van der Waals surface area contributed by atoms with Crippen LogP contribution in [-0.4, -0.2) is 23.3 Å². The van der Waals surface area contributed by atoms with Gasteiger partial charge in [0, 0.05) is 36.3 Å². The molecule has 2 saturated carbocycles. The Morgan fingerprint density at radius 3 is 2.76 bits per heavy atom. The number of carbonyl (C=O) groups is 1. The highest BCUT2D eigenvalue weighted by atomic mass is 32.1. The van der Waals surface area contributed by atoms with E-state index < -0.39 is 0 Å². The zero-order chi connectivity index (χ0) is 14.8. The molecule has 116 valence electrons. The highest BCUT2D eigenvalue weighted by Crippen LogP contribution is 2.35. The van der Waals surface area contributed by atoms with Gasteiger partial charge in [0.25, 0.3) is 0 Å². The van der Waals surface area contributed by atoms with Crippen LogP contribution in [0.3, 0.4) is 0 Å². The van der Waals surface area contributed by atoms with Crippen molar-refractivity contribution in [2.24, 2.45) is 17.8 Å². The second-order valence-corrected chi connectivity index (χ2v) is 8.21. The third kappa shape index (κ3) is 3.95. The Morgan fingerprint density at radius 2 is 2.14 bits per heavy atom. The van der Waals surface area contributed by atoms with Gasteiger partial charge in [-0.15, -0.1) is 11.3 Å². The molecule has 21 heavy (non-hydrogen) atoms. The molecule has 2 atom stereocenters. The molecule has 2 unspecified atom stereocenters. The van der Waals surface area contributed by atoms with Crippen molar-refractivity contribution >= 4 is 17.1 Å². The largest absolute Gasteiger partial charge is 0.299 e. The van der Waals surface area contributed by atoms with Gasteiger partial charge in [0.2, 0.25) is 0 Å². The van der Waals surface area contributed by atoms with E-state index >= 15 is 0 Å². The van der Waals surface area contributed by atoms with E-state index in [1.54, 1.807) is 0 Å². The summed E-state index contributed by atoms with van der Waals surface area (Å²) in [6.45, 7) is 6.65. The van der Waals surface area contributed by atoms with E-state index in [4.69, 9.17) is 0 Å². The molecule has 3 heteroatoms. The van der Waals surface area contributed by atoms with Gasteiger partial charge in [0.15, 0.2) is 0 Å². The van der Waals surface area contributed by atoms with E-state index in [1.807, 2.05) is 11.3 Å². The molecule has 1 aromatic heterocycles. The van der Waals surface area contributed by atoms with Gasteiger partial charge < -0.3 is 0 Å². The molecule has 2 fully saturated rings. The Kier molecular flexibility index (Phi) is 4.80. The fourth-order valence-electron chi connectivity index (χ4n) is 3.60. The summed E-state index contributed by atoms with van der Waals surface area (Å²) in [5, 5.41) is 2.15. The number of ketones is 1. The fraction of sp³-hybridized carbons (Fsp3) is 0.722. The normalized spacial score (nSPS) is 26.8. The third-order valence-corrected chi connectivity index (χ3v) is 6.07. The zero-order valence-electron chi connectivity index (χ0n) is 13.3. The second-order valence-electron chi connectivity index (χ2n) is 7.18. The van der Waals surface area contributed by atoms with Crippen LogP contribution in [0.15, 0.2) is 17.5 Å². The average Bonchev–Trinajstić information content (AvgIpc) is 3.18. The molecular weight excluding hydrogens is 278 g/mol. The number of rotatable bonds is 6. The van der Waals surface area contributed by atoms with Gasteiger partial charge in [0.05, 0.1) is 0 Å². The van der Waals surface area contributed by atoms with Gasteiger partial charge in [-0.3, -0.25) is 9.69 Å². The molecule has 2 nitrogen and oxygen atoms in total. The summed E-state index contributed by atoms with van der Waals surface area (Å²) in [4.78, 5) is 16.3. The van der Waals surface area contributed by atoms with Crippen LogP contribution in [0, 0.1) is 17.8 Å². The molecule has 0 radical (unpaired) electrons. The number of hydrogen-bond acceptors (Lipinski definition) is 3. The predicted octanol–water partition coefficient (Wildman–Crippen LogP) is 4.35. The van der Waals surface area contributed by atoms with Crippen LogP contribution in [-0.2, 0) is 11.3 Å². The van der Waals surface area contributed by atoms with Crippen LogP contribution in [0.1, 0.15) is 50.8 Å². The van der Waals surface area contributed by atoms with Gasteiger partial charge in [0.1, 0.15) is 5.78 Å². The first kappa shape index (κ1) is 15.2. The third-order valence-electron chi connectivity index (χ3n) is 5.20. The van der Waals surface area contributed by atoms with Crippen molar-refractivity contribution in [2.75, 3.05) is 6.54 Å². The van der Waals surface area contributed by atoms with Crippen molar-refractivity contribution in [3.8, 4) is 0 Å². The standard InChI is InChI=1S/C18H27NOS/c1-13(2)14-5-8-18(20)15(10-14)11-19(16-6-7-16)12-17-4-3-9-21-17/h3-4,9,13-16H,5-8,10-12H2,1-2H3. The maximum absolute atomic E-state index is 12.3. The minimum absolute atomic E-state index is 0.284. The van der Waals surface area contributed by atoms with E-state index in [2.05, 4.69) is 36.3 Å². The van der Waals surface area contributed by atoms with Gasteiger partial charge in [-0.25, -0.2) is 0 Å². The highest BCUT2D eigenvalue weighted by Gasteiger charge is 2.35. The first-order valence-corrected chi connectivity index (χ1v) is 9.30. The van der Waals surface area contributed by atoms with Gasteiger partial charge in [-0.1, -0.05) is 19.9 Å². The average molecular weight is 305 g/mol. The molecule has 0 N–H and O–H groups in total. The summed E-state index contributed by atoms with van der Waals surface area (Å²) in [5.41, 5.74) is 0. The quantitative estimate of drug-likeness (QED) is 0.778. The van der Waals surface area contributed by atoms with Crippen molar-refractivity contribution in [3.63, 3.8) is 0 Å². The molecule has 0 saturated heterocycles. The van der Waals surface area contributed by atoms with Gasteiger partial charge >= 0.3 is 0 Å². The lowest BCUT2D eigenvalue weighted by Crippen LogP contribution is -2.38. The molecule has 0 spiro atoms. The van der Waals surface area contributed by atoms with E-state index in [0.717, 1.165) is 44.3 Å². The van der Waals surface area contributed by atoms with E-state index in [1.165, 1.54) is 17.7 Å². The SMILES string of the molecule is CC(C)C1CCC(=O)C(CN(Cc2cccs2)C2CC2)C1. The summed E-state index contributed by atoms with van der Waals surface area (Å²) in [5.74, 6) is 2.26. The van der Waals surface area contributed by atoms with Gasteiger partial charge in [-0.2, -0.15) is 0 Å². The second kappa shape index (κ2) is 6.62. The molecule has 0 bridgehead atoms. The maximum Gasteiger partial charge on any atom is 0.137 e. The Labute approximate surface area is 132 Å². The first-order valence-electron chi connectivity index (χ1n) is 8.42. The first-order chi connectivity index (χ1) is 10.1. The Morgan fingerprint density at radius 1 is 1.33 bits per heavy atom. The van der Waals surface area contributed by atoms with Crippen molar-refractivity contribution in [3.05, 3.63) is 22.4 Å². The minimum atomic E-state index is 0.284. The lowest BCUT2D eigenvalue weighted by Gasteiger charge is -2.34. The smallest absolute Gasteiger partial charge is 0.137 e. The Balaban J connectivity index is 1.62. The van der Waals surface area contributed by atoms with Crippen LogP contribution in [0.25, 0.3) is 0 Å². The summed E-state index contributed by atoms with van der Waals surface area (Å²) < 4.78 is 0. The van der Waals surface area contributed by atoms with Crippen molar-refractivity contribution in [1.82, 2.24) is 4.90 Å². The minimum Gasteiger partial charge on any atom is -0.299 e. The summed E-state index contributed by atoms with van der Waals surface area (Å²) >= 11 is 1.84. The van der Waals surface area contributed by atoms with Crippen molar-refractivity contribution in [1.29, 1.82) is 0 Å². The van der Waals surface area contributed by atoms with E-state index in [0.29, 0.717) is 11.7 Å². The summed E-state index contributed by atoms with van der Waals surface area (Å²) in [6.07, 6.45) is 5.68. The predicted molar refractivity (Wildman–Crippen MR) is 88.4 cm³/mol. The molecule has 1 heterocycles. The number of nitrogens with zero attached hydrogens (tertiary/aromatic N) is 1. The zero-order valence-corrected chi connectivity index (χ0v) is 14.1. The van der Waals surface area contributed by atoms with Crippen LogP contribution >= 0.6 is 11.3 Å². The Hall–Kier alpha value is -0.670. The fourth-order valence-corrected chi connectivity index (χ4v) is 4.33. The molecule has 0 aromatic carbocycles. The van der Waals surface area contributed by atoms with Gasteiger partial charge in [-0.05, 0) is 49.0 Å². The van der Waals surface area contributed by atoms with Crippen LogP contribution in [0.2, 0.25) is 0 Å².